The van der Waals surface area contributed by atoms with Crippen molar-refractivity contribution >= 4 is 11.8 Å². The van der Waals surface area contributed by atoms with Gasteiger partial charge in [-0.25, -0.2) is 0 Å². The summed E-state index contributed by atoms with van der Waals surface area (Å²) < 4.78 is 0. The number of hydrogen-bond donors (Lipinski definition) is 3. The third-order valence-corrected chi connectivity index (χ3v) is 4.62. The molecule has 0 spiro atoms. The van der Waals surface area contributed by atoms with E-state index in [1.807, 2.05) is 0 Å². The lowest BCUT2D eigenvalue weighted by molar-refractivity contribution is -0.121. The van der Waals surface area contributed by atoms with Crippen molar-refractivity contribution in [2.45, 2.75) is 91.9 Å². The first kappa shape index (κ1) is 25.9. The maximum atomic E-state index is 11.7. The molecule has 0 heterocycles. The van der Waals surface area contributed by atoms with Gasteiger partial charge in [0, 0.05) is 39.0 Å². The van der Waals surface area contributed by atoms with Gasteiger partial charge in [0.2, 0.25) is 11.8 Å². The van der Waals surface area contributed by atoms with Crippen molar-refractivity contribution in [1.82, 2.24) is 16.0 Å². The molecule has 0 aliphatic rings. The van der Waals surface area contributed by atoms with E-state index in [1.165, 1.54) is 25.7 Å². The van der Waals surface area contributed by atoms with Gasteiger partial charge in [0.05, 0.1) is 0 Å². The minimum absolute atomic E-state index is 0.145. The highest BCUT2D eigenvalue weighted by molar-refractivity contribution is 5.76. The fraction of sp³-hybridized carbons (Fsp3) is 0.909. The fourth-order valence-corrected chi connectivity index (χ4v) is 2.91. The maximum absolute atomic E-state index is 11.7. The fourth-order valence-electron chi connectivity index (χ4n) is 2.91. The second-order valence-corrected chi connectivity index (χ2v) is 8.44. The number of hydrogen-bond acceptors (Lipinski definition) is 3. The molecule has 0 bridgehead atoms. The molecule has 0 aromatic carbocycles. The Bertz CT molecular complexity index is 337. The molecule has 0 rings (SSSR count). The average molecular weight is 384 g/mol. The van der Waals surface area contributed by atoms with E-state index in [4.69, 9.17) is 0 Å². The summed E-state index contributed by atoms with van der Waals surface area (Å²) in [4.78, 5) is 23.4. The van der Waals surface area contributed by atoms with E-state index in [0.717, 1.165) is 50.6 Å². The van der Waals surface area contributed by atoms with Crippen molar-refractivity contribution in [3.63, 3.8) is 0 Å². The van der Waals surface area contributed by atoms with Crippen LogP contribution in [0.3, 0.4) is 0 Å². The van der Waals surface area contributed by atoms with E-state index in [-0.39, 0.29) is 11.8 Å². The number of unbranched alkanes of at least 4 members (excludes halogenated alkanes) is 4. The molecule has 0 saturated carbocycles. The van der Waals surface area contributed by atoms with Crippen LogP contribution in [0, 0.1) is 11.8 Å². The molecule has 0 fully saturated rings. The lowest BCUT2D eigenvalue weighted by Crippen LogP contribution is -2.36. The van der Waals surface area contributed by atoms with Gasteiger partial charge in [-0.2, -0.15) is 0 Å². The molecule has 5 heteroatoms. The van der Waals surface area contributed by atoms with Crippen LogP contribution in [0.5, 0.6) is 0 Å². The number of carbonyl (C=O) groups is 2. The van der Waals surface area contributed by atoms with Crippen LogP contribution < -0.4 is 16.0 Å². The second kappa shape index (κ2) is 18.3. The summed E-state index contributed by atoms with van der Waals surface area (Å²) in [5.41, 5.74) is 0. The third-order valence-electron chi connectivity index (χ3n) is 4.62. The largest absolute Gasteiger partial charge is 0.355 e. The number of amides is 2. The maximum Gasteiger partial charge on any atom is 0.220 e. The van der Waals surface area contributed by atoms with E-state index < -0.39 is 0 Å². The highest BCUT2D eigenvalue weighted by atomic mass is 16.2. The quantitative estimate of drug-likeness (QED) is 0.313. The molecular weight excluding hydrogens is 338 g/mol. The van der Waals surface area contributed by atoms with Gasteiger partial charge in [0.25, 0.3) is 0 Å². The molecule has 0 saturated heterocycles. The average Bonchev–Trinajstić information content (AvgIpc) is 2.59. The zero-order chi connectivity index (χ0) is 20.3. The monoisotopic (exact) mass is 383 g/mol. The smallest absolute Gasteiger partial charge is 0.220 e. The van der Waals surface area contributed by atoms with E-state index in [9.17, 15) is 9.59 Å². The Morgan fingerprint density at radius 1 is 0.593 bits per heavy atom. The van der Waals surface area contributed by atoms with Crippen LogP contribution in [-0.4, -0.2) is 38.0 Å². The van der Waals surface area contributed by atoms with Crippen molar-refractivity contribution in [1.29, 1.82) is 0 Å². The summed E-state index contributed by atoms with van der Waals surface area (Å²) in [5, 5.41) is 9.13. The Morgan fingerprint density at radius 3 is 1.37 bits per heavy atom. The van der Waals surface area contributed by atoms with Gasteiger partial charge < -0.3 is 16.0 Å². The second-order valence-electron chi connectivity index (χ2n) is 8.44. The molecule has 27 heavy (non-hydrogen) atoms. The van der Waals surface area contributed by atoms with Crippen LogP contribution in [0.15, 0.2) is 0 Å². The first-order valence-corrected chi connectivity index (χ1v) is 11.2. The summed E-state index contributed by atoms with van der Waals surface area (Å²) >= 11 is 0. The van der Waals surface area contributed by atoms with Crippen molar-refractivity contribution < 1.29 is 9.59 Å². The van der Waals surface area contributed by atoms with Gasteiger partial charge in [-0.05, 0) is 24.7 Å². The van der Waals surface area contributed by atoms with Crippen molar-refractivity contribution in [3.8, 4) is 0 Å². The van der Waals surface area contributed by atoms with Crippen molar-refractivity contribution in [2.24, 2.45) is 11.8 Å². The molecule has 0 unspecified atom stereocenters. The van der Waals surface area contributed by atoms with Crippen LogP contribution in [0.4, 0.5) is 0 Å². The molecular formula is C22H45N3O2. The minimum Gasteiger partial charge on any atom is -0.355 e. The van der Waals surface area contributed by atoms with Crippen LogP contribution in [0.25, 0.3) is 0 Å². The van der Waals surface area contributed by atoms with E-state index in [1.54, 1.807) is 0 Å². The molecule has 0 aliphatic heterocycles. The summed E-state index contributed by atoms with van der Waals surface area (Å²) in [6.45, 7) is 11.7. The number of carbonyl (C=O) groups excluding carboxylic acids is 2. The Hall–Kier alpha value is -1.10. The molecule has 0 atom stereocenters. The van der Waals surface area contributed by atoms with Crippen molar-refractivity contribution in [2.75, 3.05) is 26.2 Å². The Labute approximate surface area is 167 Å². The molecule has 2 amide bonds. The molecule has 160 valence electrons. The van der Waals surface area contributed by atoms with Crippen molar-refractivity contribution in [3.05, 3.63) is 0 Å². The molecule has 5 nitrogen and oxygen atoms in total. The lowest BCUT2D eigenvalue weighted by Gasteiger charge is -2.09. The van der Waals surface area contributed by atoms with Gasteiger partial charge in [-0.15, -0.1) is 0 Å². The topological polar surface area (TPSA) is 70.2 Å². The lowest BCUT2D eigenvalue weighted by atomic mass is 10.0. The third kappa shape index (κ3) is 21.1. The number of rotatable bonds is 18. The van der Waals surface area contributed by atoms with Gasteiger partial charge in [-0.1, -0.05) is 66.2 Å². The molecule has 0 aromatic heterocycles. The van der Waals surface area contributed by atoms with E-state index >= 15 is 0 Å². The summed E-state index contributed by atoms with van der Waals surface area (Å²) in [5.74, 6) is 1.80. The zero-order valence-electron chi connectivity index (χ0n) is 18.4. The van der Waals surface area contributed by atoms with Gasteiger partial charge >= 0.3 is 0 Å². The Balaban J connectivity index is 3.31. The van der Waals surface area contributed by atoms with Crippen LogP contribution in [-0.2, 0) is 9.59 Å². The van der Waals surface area contributed by atoms with Gasteiger partial charge in [0.1, 0.15) is 0 Å². The van der Waals surface area contributed by atoms with Gasteiger partial charge in [-0.3, -0.25) is 9.59 Å². The summed E-state index contributed by atoms with van der Waals surface area (Å²) in [6, 6.07) is 0. The minimum atomic E-state index is 0.145. The predicted molar refractivity (Wildman–Crippen MR) is 115 cm³/mol. The van der Waals surface area contributed by atoms with E-state index in [2.05, 4.69) is 43.6 Å². The first-order valence-electron chi connectivity index (χ1n) is 11.2. The highest BCUT2D eigenvalue weighted by Crippen LogP contribution is 2.10. The normalized spacial score (nSPS) is 11.2. The Kier molecular flexibility index (Phi) is 17.5. The van der Waals surface area contributed by atoms with Crippen LogP contribution >= 0.6 is 0 Å². The van der Waals surface area contributed by atoms with Gasteiger partial charge in [0.15, 0.2) is 0 Å². The zero-order valence-corrected chi connectivity index (χ0v) is 18.4. The standard InChI is InChI=1S/C22H45N3O2/c1-19(2)11-7-5-9-13-21(26)24-17-15-23-16-18-25-22(27)14-10-6-8-12-20(3)4/h19-20,23H,5-18H2,1-4H3,(H,24,26)(H,25,27). The Morgan fingerprint density at radius 2 is 1.00 bits per heavy atom. The van der Waals surface area contributed by atoms with E-state index in [0.29, 0.717) is 25.9 Å². The summed E-state index contributed by atoms with van der Waals surface area (Å²) in [7, 11) is 0. The van der Waals surface area contributed by atoms with Crippen LogP contribution in [0.2, 0.25) is 0 Å². The summed E-state index contributed by atoms with van der Waals surface area (Å²) in [6.07, 6.45) is 10.4. The molecule has 0 aromatic rings. The molecule has 0 aliphatic carbocycles. The first-order chi connectivity index (χ1) is 12.9. The molecule has 0 radical (unpaired) electrons. The number of nitrogens with one attached hydrogen (secondary N) is 3. The molecule has 3 N–H and O–H groups in total. The van der Waals surface area contributed by atoms with Crippen LogP contribution in [0.1, 0.15) is 91.9 Å². The SMILES string of the molecule is CC(C)CCCCCC(=O)NCCNCCNC(=O)CCCCCC(C)C. The highest BCUT2D eigenvalue weighted by Gasteiger charge is 2.02. The predicted octanol–water partition coefficient (Wildman–Crippen LogP) is 4.02.